The normalized spacial score (nSPS) is 34.2. The van der Waals surface area contributed by atoms with E-state index in [0.717, 1.165) is 13.2 Å². The highest BCUT2D eigenvalue weighted by atomic mass is 16.6. The zero-order valence-corrected chi connectivity index (χ0v) is 5.95. The van der Waals surface area contributed by atoms with Gasteiger partial charge in [0, 0.05) is 15.9 Å². The highest BCUT2D eigenvalue weighted by Crippen LogP contribution is 2.04. The number of rotatable bonds is 2. The second-order valence-corrected chi connectivity index (χ2v) is 2.38. The van der Waals surface area contributed by atoms with Gasteiger partial charge in [0.2, 0.25) is 0 Å². The molecule has 0 radical (unpaired) electrons. The molecule has 2 atom stereocenters. The molecule has 4 nitrogen and oxygen atoms in total. The molecule has 2 aliphatic heterocycles. The predicted octanol–water partition coefficient (Wildman–Crippen LogP) is -0.820. The molecule has 0 saturated carbocycles. The van der Waals surface area contributed by atoms with Gasteiger partial charge in [-0.3, -0.25) is 0 Å². The fourth-order valence-electron chi connectivity index (χ4n) is 0.408. The van der Waals surface area contributed by atoms with Gasteiger partial charge in [0.05, 0.1) is 25.4 Å². The zero-order valence-electron chi connectivity index (χ0n) is 5.95. The van der Waals surface area contributed by atoms with Crippen molar-refractivity contribution in [3.63, 3.8) is 0 Å². The van der Waals surface area contributed by atoms with Crippen LogP contribution >= 0.6 is 0 Å². The van der Waals surface area contributed by atoms with E-state index in [1.54, 1.807) is 0 Å². The van der Waals surface area contributed by atoms with Gasteiger partial charge < -0.3 is 20.9 Å². The van der Waals surface area contributed by atoms with Gasteiger partial charge in [-0.25, -0.2) is 0 Å². The molecular formula is C6H18N2O2. The molecule has 0 amide bonds. The Morgan fingerprint density at radius 3 is 1.40 bits per heavy atom. The maximum absolute atomic E-state index is 5.11. The second-order valence-electron chi connectivity index (χ2n) is 2.38. The molecule has 2 unspecified atom stereocenters. The third-order valence-electron chi connectivity index (χ3n) is 1.33. The maximum atomic E-state index is 5.11. The number of hydrogen-bond donors (Lipinski definition) is 2. The first kappa shape index (κ1) is 7.94. The SMILES string of the molecule is NCC1CO1.NCC1CO1.[2HH].[2HH]. The summed E-state index contributed by atoms with van der Waals surface area (Å²) in [5.74, 6) is 0. The summed E-state index contributed by atoms with van der Waals surface area (Å²) in [7, 11) is 0. The van der Waals surface area contributed by atoms with E-state index in [-0.39, 0.29) is 2.85 Å². The molecular weight excluding hydrogens is 132 g/mol. The van der Waals surface area contributed by atoms with Crippen molar-refractivity contribution < 1.29 is 12.3 Å². The van der Waals surface area contributed by atoms with E-state index in [0.29, 0.717) is 25.3 Å². The lowest BCUT2D eigenvalue weighted by Crippen LogP contribution is -2.05. The van der Waals surface area contributed by atoms with E-state index in [1.807, 2.05) is 0 Å². The highest BCUT2D eigenvalue weighted by Gasteiger charge is 2.19. The van der Waals surface area contributed by atoms with Crippen LogP contribution in [-0.2, 0) is 9.47 Å². The minimum absolute atomic E-state index is 0. The zero-order chi connectivity index (χ0) is 7.40. The van der Waals surface area contributed by atoms with Crippen molar-refractivity contribution in [3.8, 4) is 0 Å². The average molecular weight is 152 g/mol. The Morgan fingerprint density at radius 2 is 1.40 bits per heavy atom. The Kier molecular flexibility index (Phi) is 3.08. The summed E-state index contributed by atoms with van der Waals surface area (Å²) >= 11 is 0. The first-order valence-corrected chi connectivity index (χ1v) is 3.50. The van der Waals surface area contributed by atoms with Gasteiger partial charge >= 0.3 is 0 Å². The molecule has 2 aliphatic rings. The molecule has 0 aromatic rings. The van der Waals surface area contributed by atoms with Crippen molar-refractivity contribution in [2.45, 2.75) is 12.2 Å². The quantitative estimate of drug-likeness (QED) is 0.507. The first-order chi connectivity index (χ1) is 4.86. The van der Waals surface area contributed by atoms with Gasteiger partial charge in [0.25, 0.3) is 0 Å². The Morgan fingerprint density at radius 1 is 1.10 bits per heavy atom. The summed E-state index contributed by atoms with van der Waals surface area (Å²) < 4.78 is 9.47. The molecule has 0 aromatic heterocycles. The van der Waals surface area contributed by atoms with Crippen molar-refractivity contribution in [3.05, 3.63) is 0 Å². The topological polar surface area (TPSA) is 77.1 Å². The Balaban J connectivity index is 0. The molecule has 0 aromatic carbocycles. The van der Waals surface area contributed by atoms with Gasteiger partial charge in [-0.2, -0.15) is 0 Å². The first-order valence-electron chi connectivity index (χ1n) is 3.50. The summed E-state index contributed by atoms with van der Waals surface area (Å²) in [4.78, 5) is 0. The van der Waals surface area contributed by atoms with Crippen LogP contribution in [0, 0.1) is 0 Å². The van der Waals surface area contributed by atoms with Crippen LogP contribution in [0.25, 0.3) is 0 Å². The average Bonchev–Trinajstić information content (AvgIpc) is 2.86. The van der Waals surface area contributed by atoms with Crippen LogP contribution in [0.1, 0.15) is 2.85 Å². The lowest BCUT2D eigenvalue weighted by atomic mass is 10.5. The molecule has 0 aliphatic carbocycles. The fraction of sp³-hybridized carbons (Fsp3) is 1.00. The third kappa shape index (κ3) is 3.79. The van der Waals surface area contributed by atoms with Gasteiger partial charge in [-0.05, 0) is 0 Å². The van der Waals surface area contributed by atoms with Crippen LogP contribution in [0.5, 0.6) is 0 Å². The third-order valence-corrected chi connectivity index (χ3v) is 1.33. The molecule has 64 valence electrons. The Hall–Kier alpha value is -0.160. The van der Waals surface area contributed by atoms with Crippen molar-refractivity contribution in [2.75, 3.05) is 26.3 Å². The van der Waals surface area contributed by atoms with E-state index in [4.69, 9.17) is 20.9 Å². The summed E-state index contributed by atoms with van der Waals surface area (Å²) in [6, 6.07) is 0. The molecule has 2 heterocycles. The van der Waals surface area contributed by atoms with Crippen LogP contribution in [0.3, 0.4) is 0 Å². The summed E-state index contributed by atoms with van der Waals surface area (Å²) in [6.45, 7) is 3.16. The molecule has 0 bridgehead atoms. The van der Waals surface area contributed by atoms with Crippen LogP contribution in [0.15, 0.2) is 0 Å². The van der Waals surface area contributed by atoms with Crippen LogP contribution in [0.4, 0.5) is 0 Å². The summed E-state index contributed by atoms with van der Waals surface area (Å²) in [5, 5.41) is 0. The van der Waals surface area contributed by atoms with Gasteiger partial charge in [-0.15, -0.1) is 0 Å². The Labute approximate surface area is 63.4 Å². The molecule has 10 heavy (non-hydrogen) atoms. The molecule has 0 spiro atoms. The minimum atomic E-state index is 0. The van der Waals surface area contributed by atoms with Gasteiger partial charge in [-0.1, -0.05) is 0 Å². The molecule has 2 rings (SSSR count). The maximum Gasteiger partial charge on any atom is 0.0931 e. The number of ether oxygens (including phenoxy) is 2. The largest absolute Gasteiger partial charge is 0.372 e. The number of nitrogens with two attached hydrogens (primary N) is 2. The van der Waals surface area contributed by atoms with Crippen molar-refractivity contribution in [1.29, 1.82) is 0 Å². The van der Waals surface area contributed by atoms with Crippen molar-refractivity contribution in [2.24, 2.45) is 11.5 Å². The van der Waals surface area contributed by atoms with E-state index < -0.39 is 0 Å². The smallest absolute Gasteiger partial charge is 0.0931 e. The summed E-state index contributed by atoms with van der Waals surface area (Å²) in [6.07, 6.45) is 0.824. The number of hydrogen-bond acceptors (Lipinski definition) is 4. The van der Waals surface area contributed by atoms with Crippen LogP contribution < -0.4 is 11.5 Å². The Bertz CT molecular complexity index is 87.5. The lowest BCUT2D eigenvalue weighted by molar-refractivity contribution is 0.412. The van der Waals surface area contributed by atoms with E-state index >= 15 is 0 Å². The van der Waals surface area contributed by atoms with E-state index in [2.05, 4.69) is 0 Å². The van der Waals surface area contributed by atoms with Gasteiger partial charge in [0.15, 0.2) is 0 Å². The van der Waals surface area contributed by atoms with E-state index in [1.165, 1.54) is 0 Å². The highest BCUT2D eigenvalue weighted by molar-refractivity contribution is 4.68. The van der Waals surface area contributed by atoms with Gasteiger partial charge in [0.1, 0.15) is 0 Å². The monoisotopic (exact) mass is 152 g/mol. The lowest BCUT2D eigenvalue weighted by Gasteiger charge is -1.71. The number of epoxide rings is 2. The minimum Gasteiger partial charge on any atom is -0.372 e. The second kappa shape index (κ2) is 3.88. The molecule has 2 saturated heterocycles. The molecule has 4 N–H and O–H groups in total. The fourth-order valence-corrected chi connectivity index (χ4v) is 0.408. The standard InChI is InChI=1S/2C3H7NO.2H2/c2*4-1-3-2-5-3;;/h2*3H,1-2,4H2;2*1H/i;;2*1+1. The predicted molar refractivity (Wildman–Crippen MR) is 41.8 cm³/mol. The van der Waals surface area contributed by atoms with Crippen LogP contribution in [-0.4, -0.2) is 38.5 Å². The van der Waals surface area contributed by atoms with Crippen molar-refractivity contribution in [1.82, 2.24) is 0 Å². The van der Waals surface area contributed by atoms with Crippen LogP contribution in [0.2, 0.25) is 0 Å². The molecule has 2 fully saturated rings. The van der Waals surface area contributed by atoms with Crippen molar-refractivity contribution >= 4 is 0 Å². The molecule has 4 heteroatoms. The van der Waals surface area contributed by atoms with E-state index in [9.17, 15) is 0 Å². The summed E-state index contributed by atoms with van der Waals surface area (Å²) in [5.41, 5.74) is 10.2.